The quantitative estimate of drug-likeness (QED) is 0.678. The number of nitrogens with one attached hydrogen (secondary N) is 1. The second-order valence-corrected chi connectivity index (χ2v) is 6.77. The highest BCUT2D eigenvalue weighted by atomic mass is 32.1. The summed E-state index contributed by atoms with van der Waals surface area (Å²) in [7, 11) is 0. The molecule has 0 spiro atoms. The molecule has 0 amide bonds. The third kappa shape index (κ3) is 3.32. The van der Waals surface area contributed by atoms with Crippen LogP contribution in [0.3, 0.4) is 0 Å². The van der Waals surface area contributed by atoms with E-state index in [4.69, 9.17) is 5.73 Å². The highest BCUT2D eigenvalue weighted by molar-refractivity contribution is 7.22. The van der Waals surface area contributed by atoms with Gasteiger partial charge in [-0.1, -0.05) is 31.6 Å². The lowest BCUT2D eigenvalue weighted by Gasteiger charge is -2.20. The van der Waals surface area contributed by atoms with E-state index in [2.05, 4.69) is 45.8 Å². The number of nitrogen functional groups attached to an aromatic ring is 1. The van der Waals surface area contributed by atoms with Gasteiger partial charge in [-0.25, -0.2) is 9.97 Å². The Kier molecular flexibility index (Phi) is 4.81. The maximum absolute atomic E-state index is 5.97. The molecule has 0 bridgehead atoms. The molecule has 0 aliphatic rings. The monoisotopic (exact) mass is 329 g/mol. The topological polar surface area (TPSA) is 68.8 Å². The minimum atomic E-state index is 0.231. The first-order valence-corrected chi connectivity index (χ1v) is 8.95. The van der Waals surface area contributed by atoms with E-state index in [0.717, 1.165) is 41.7 Å². The zero-order chi connectivity index (χ0) is 16.2. The number of anilines is 2. The SMILES string of the molecule is CCCNc1cc(C(CCC)n2ccnc2)c2nc(N)sc2c1. The van der Waals surface area contributed by atoms with Gasteiger partial charge in [0, 0.05) is 30.2 Å². The van der Waals surface area contributed by atoms with Crippen LogP contribution in [0.2, 0.25) is 0 Å². The fraction of sp³-hybridized carbons (Fsp3) is 0.412. The molecule has 0 saturated carbocycles. The number of rotatable bonds is 7. The van der Waals surface area contributed by atoms with E-state index in [1.54, 1.807) is 11.3 Å². The maximum Gasteiger partial charge on any atom is 0.181 e. The van der Waals surface area contributed by atoms with Crippen LogP contribution >= 0.6 is 11.3 Å². The van der Waals surface area contributed by atoms with Gasteiger partial charge in [-0.2, -0.15) is 0 Å². The molecule has 3 N–H and O–H groups in total. The van der Waals surface area contributed by atoms with Crippen molar-refractivity contribution in [2.75, 3.05) is 17.6 Å². The average Bonchev–Trinajstić information content (AvgIpc) is 3.18. The number of hydrogen-bond donors (Lipinski definition) is 2. The summed E-state index contributed by atoms with van der Waals surface area (Å²) in [6, 6.07) is 4.60. The number of hydrogen-bond acceptors (Lipinski definition) is 5. The molecule has 122 valence electrons. The van der Waals surface area contributed by atoms with Crippen LogP contribution < -0.4 is 11.1 Å². The highest BCUT2D eigenvalue weighted by Crippen LogP contribution is 2.36. The molecule has 1 unspecified atom stereocenters. The molecular formula is C17H23N5S. The second-order valence-electron chi connectivity index (χ2n) is 5.71. The number of benzene rings is 1. The fourth-order valence-electron chi connectivity index (χ4n) is 2.89. The van der Waals surface area contributed by atoms with Crippen molar-refractivity contribution in [1.29, 1.82) is 0 Å². The minimum absolute atomic E-state index is 0.231. The molecule has 3 aromatic rings. The van der Waals surface area contributed by atoms with Gasteiger partial charge in [-0.15, -0.1) is 0 Å². The van der Waals surface area contributed by atoms with Crippen molar-refractivity contribution in [3.05, 3.63) is 36.4 Å². The third-order valence-corrected chi connectivity index (χ3v) is 4.76. The summed E-state index contributed by atoms with van der Waals surface area (Å²) in [5.41, 5.74) is 9.34. The van der Waals surface area contributed by atoms with E-state index >= 15 is 0 Å². The summed E-state index contributed by atoms with van der Waals surface area (Å²) in [6.07, 6.45) is 8.96. The van der Waals surface area contributed by atoms with E-state index < -0.39 is 0 Å². The molecule has 0 fully saturated rings. The van der Waals surface area contributed by atoms with Gasteiger partial charge in [0.2, 0.25) is 0 Å². The Morgan fingerprint density at radius 3 is 2.87 bits per heavy atom. The molecule has 0 saturated heterocycles. The normalized spacial score (nSPS) is 12.6. The van der Waals surface area contributed by atoms with Gasteiger partial charge in [0.15, 0.2) is 5.13 Å². The molecular weight excluding hydrogens is 306 g/mol. The molecule has 1 atom stereocenters. The molecule has 0 aliphatic heterocycles. The zero-order valence-corrected chi connectivity index (χ0v) is 14.4. The van der Waals surface area contributed by atoms with Crippen LogP contribution in [0.25, 0.3) is 10.2 Å². The lowest BCUT2D eigenvalue weighted by molar-refractivity contribution is 0.535. The number of fused-ring (bicyclic) bond motifs is 1. The predicted octanol–water partition coefficient (Wildman–Crippen LogP) is 4.29. The van der Waals surface area contributed by atoms with Gasteiger partial charge >= 0.3 is 0 Å². The van der Waals surface area contributed by atoms with E-state index in [1.165, 1.54) is 5.56 Å². The molecule has 1 aromatic carbocycles. The van der Waals surface area contributed by atoms with Gasteiger partial charge in [-0.05, 0) is 25.0 Å². The minimum Gasteiger partial charge on any atom is -0.385 e. The van der Waals surface area contributed by atoms with Crippen molar-refractivity contribution < 1.29 is 0 Å². The first-order chi connectivity index (χ1) is 11.2. The standard InChI is InChI=1S/C17H23N5S/c1-3-5-14(22-8-7-19-11-22)13-9-12(20-6-4-2)10-15-16(13)21-17(18)23-15/h7-11,14,20H,3-6H2,1-2H3,(H2,18,21). The Labute approximate surface area is 140 Å². The van der Waals surface area contributed by atoms with E-state index in [1.807, 2.05) is 18.7 Å². The number of nitrogens with two attached hydrogens (primary N) is 1. The van der Waals surface area contributed by atoms with E-state index in [-0.39, 0.29) is 6.04 Å². The van der Waals surface area contributed by atoms with Gasteiger partial charge in [-0.3, -0.25) is 0 Å². The van der Waals surface area contributed by atoms with Crippen molar-refractivity contribution >= 4 is 32.4 Å². The lowest BCUT2D eigenvalue weighted by atomic mass is 10.00. The highest BCUT2D eigenvalue weighted by Gasteiger charge is 2.19. The summed E-state index contributed by atoms with van der Waals surface area (Å²) in [4.78, 5) is 8.80. The summed E-state index contributed by atoms with van der Waals surface area (Å²) in [6.45, 7) is 5.33. The molecule has 23 heavy (non-hydrogen) atoms. The largest absolute Gasteiger partial charge is 0.385 e. The van der Waals surface area contributed by atoms with Crippen molar-refractivity contribution in [1.82, 2.24) is 14.5 Å². The lowest BCUT2D eigenvalue weighted by Crippen LogP contribution is -2.10. The number of nitrogens with zero attached hydrogens (tertiary/aromatic N) is 3. The van der Waals surface area contributed by atoms with E-state index in [0.29, 0.717) is 5.13 Å². The van der Waals surface area contributed by atoms with Gasteiger partial charge in [0.1, 0.15) is 0 Å². The number of imidazole rings is 1. The molecule has 2 heterocycles. The Morgan fingerprint density at radius 2 is 2.17 bits per heavy atom. The summed E-state index contributed by atoms with van der Waals surface area (Å²) in [5, 5.41) is 4.11. The van der Waals surface area contributed by atoms with Crippen molar-refractivity contribution in [3.63, 3.8) is 0 Å². The van der Waals surface area contributed by atoms with Gasteiger partial charge in [0.05, 0.1) is 22.6 Å². The van der Waals surface area contributed by atoms with Crippen LogP contribution in [-0.2, 0) is 0 Å². The maximum atomic E-state index is 5.97. The Balaban J connectivity index is 2.12. The van der Waals surface area contributed by atoms with Crippen LogP contribution in [0.15, 0.2) is 30.9 Å². The van der Waals surface area contributed by atoms with Crippen LogP contribution in [0.1, 0.15) is 44.7 Å². The molecule has 0 radical (unpaired) electrons. The Hall–Kier alpha value is -2.08. The van der Waals surface area contributed by atoms with Gasteiger partial charge < -0.3 is 15.6 Å². The average molecular weight is 329 g/mol. The summed E-state index contributed by atoms with van der Waals surface area (Å²) in [5.74, 6) is 0. The van der Waals surface area contributed by atoms with E-state index in [9.17, 15) is 0 Å². The van der Waals surface area contributed by atoms with Crippen molar-refractivity contribution in [2.24, 2.45) is 0 Å². The zero-order valence-electron chi connectivity index (χ0n) is 13.6. The first-order valence-electron chi connectivity index (χ1n) is 8.14. The van der Waals surface area contributed by atoms with Crippen LogP contribution in [-0.4, -0.2) is 21.1 Å². The third-order valence-electron chi connectivity index (χ3n) is 3.93. The Morgan fingerprint density at radius 1 is 1.30 bits per heavy atom. The van der Waals surface area contributed by atoms with Gasteiger partial charge in [0.25, 0.3) is 0 Å². The first kappa shape index (κ1) is 15.8. The Bertz CT molecular complexity index is 763. The fourth-order valence-corrected chi connectivity index (χ4v) is 3.70. The molecule has 5 nitrogen and oxygen atoms in total. The molecule has 6 heteroatoms. The summed E-state index contributed by atoms with van der Waals surface area (Å²) < 4.78 is 3.30. The number of thiazole rings is 1. The molecule has 2 aromatic heterocycles. The van der Waals surface area contributed by atoms with Crippen LogP contribution in [0.5, 0.6) is 0 Å². The smallest absolute Gasteiger partial charge is 0.181 e. The number of aromatic nitrogens is 3. The van der Waals surface area contributed by atoms with Crippen LogP contribution in [0, 0.1) is 0 Å². The molecule has 0 aliphatic carbocycles. The second kappa shape index (κ2) is 7.00. The summed E-state index contributed by atoms with van der Waals surface area (Å²) >= 11 is 1.55. The molecule has 3 rings (SSSR count). The van der Waals surface area contributed by atoms with Crippen molar-refractivity contribution in [3.8, 4) is 0 Å². The predicted molar refractivity (Wildman–Crippen MR) is 98.1 cm³/mol. The van der Waals surface area contributed by atoms with Crippen LogP contribution in [0.4, 0.5) is 10.8 Å². The van der Waals surface area contributed by atoms with Crippen molar-refractivity contribution in [2.45, 2.75) is 39.2 Å².